The molecule has 6 heteroatoms. The number of para-hydroxylation sites is 1. The molecule has 29 heavy (non-hydrogen) atoms. The van der Waals surface area contributed by atoms with Crippen molar-refractivity contribution in [1.29, 1.82) is 0 Å². The van der Waals surface area contributed by atoms with Gasteiger partial charge in [0, 0.05) is 6.08 Å². The molecule has 0 aliphatic heterocycles. The first-order valence-corrected chi connectivity index (χ1v) is 10.6. The maximum Gasteiger partial charge on any atom is 0.271 e. The van der Waals surface area contributed by atoms with Gasteiger partial charge in [-0.25, -0.2) is 8.42 Å². The maximum atomic E-state index is 13.2. The predicted molar refractivity (Wildman–Crippen MR) is 114 cm³/mol. The number of benzene rings is 3. The predicted octanol–water partition coefficient (Wildman–Crippen LogP) is 4.52. The van der Waals surface area contributed by atoms with Gasteiger partial charge in [0.1, 0.15) is 5.75 Å². The van der Waals surface area contributed by atoms with E-state index in [0.29, 0.717) is 6.61 Å². The Kier molecular flexibility index (Phi) is 6.46. The first-order chi connectivity index (χ1) is 14.0. The zero-order valence-corrected chi connectivity index (χ0v) is 16.7. The van der Waals surface area contributed by atoms with Gasteiger partial charge in [0.25, 0.3) is 15.9 Å². The van der Waals surface area contributed by atoms with E-state index in [-0.39, 0.29) is 10.6 Å². The summed E-state index contributed by atoms with van der Waals surface area (Å²) in [6.45, 7) is 2.47. The van der Waals surface area contributed by atoms with Crippen molar-refractivity contribution < 1.29 is 17.9 Å². The Balaban J connectivity index is 1.93. The van der Waals surface area contributed by atoms with Crippen LogP contribution in [0.25, 0.3) is 6.08 Å². The lowest BCUT2D eigenvalue weighted by molar-refractivity contribution is -0.113. The number of anilines is 1. The van der Waals surface area contributed by atoms with Gasteiger partial charge in [-0.05, 0) is 55.0 Å². The van der Waals surface area contributed by atoms with Crippen LogP contribution in [-0.4, -0.2) is 20.9 Å². The molecule has 0 saturated heterocycles. The van der Waals surface area contributed by atoms with E-state index in [1.807, 2.05) is 6.92 Å². The Bertz CT molecular complexity index is 1080. The topological polar surface area (TPSA) is 63.7 Å². The number of hydrogen-bond donors (Lipinski definition) is 0. The zero-order chi connectivity index (χ0) is 20.7. The minimum atomic E-state index is -4.06. The Morgan fingerprint density at radius 3 is 2.07 bits per heavy atom. The monoisotopic (exact) mass is 407 g/mol. The molecule has 3 aromatic rings. The molecule has 0 atom stereocenters. The fourth-order valence-corrected chi connectivity index (χ4v) is 4.13. The average Bonchev–Trinajstić information content (AvgIpc) is 2.75. The molecule has 0 aliphatic rings. The first kappa shape index (κ1) is 20.4. The maximum absolute atomic E-state index is 13.2. The van der Waals surface area contributed by atoms with Gasteiger partial charge in [-0.1, -0.05) is 48.5 Å². The number of carbonyl (C=O) groups excluding carboxylic acids is 1. The molecule has 0 heterocycles. The van der Waals surface area contributed by atoms with Crippen molar-refractivity contribution in [1.82, 2.24) is 0 Å². The Hall–Kier alpha value is -3.38. The van der Waals surface area contributed by atoms with Crippen LogP contribution in [0.2, 0.25) is 0 Å². The summed E-state index contributed by atoms with van der Waals surface area (Å²) in [4.78, 5) is 13.0. The Labute approximate surface area is 170 Å². The summed E-state index contributed by atoms with van der Waals surface area (Å²) in [5.41, 5.74) is 1.03. The molecule has 3 rings (SSSR count). The number of hydrogen-bond acceptors (Lipinski definition) is 4. The van der Waals surface area contributed by atoms with Gasteiger partial charge in [0.2, 0.25) is 0 Å². The standard InChI is InChI=1S/C23H21NO4S/c1-2-28-21-16-13-19(14-17-21)15-18-23(25)24(20-9-5-3-6-10-20)29(26,27)22-11-7-4-8-12-22/h3-18H,2H2,1H3/b18-15+. The molecule has 5 nitrogen and oxygen atoms in total. The van der Waals surface area contributed by atoms with Gasteiger partial charge in [-0.2, -0.15) is 4.31 Å². The van der Waals surface area contributed by atoms with Crippen LogP contribution < -0.4 is 9.04 Å². The number of ether oxygens (including phenoxy) is 1. The van der Waals surface area contributed by atoms with E-state index in [1.54, 1.807) is 78.9 Å². The average molecular weight is 407 g/mol. The van der Waals surface area contributed by atoms with E-state index < -0.39 is 15.9 Å². The van der Waals surface area contributed by atoms with Crippen molar-refractivity contribution in [3.05, 3.63) is 96.6 Å². The minimum absolute atomic E-state index is 0.0478. The second-order valence-corrected chi connectivity index (χ2v) is 7.88. The number of rotatable bonds is 7. The van der Waals surface area contributed by atoms with Crippen molar-refractivity contribution in [3.63, 3.8) is 0 Å². The largest absolute Gasteiger partial charge is 0.494 e. The summed E-state index contributed by atoms with van der Waals surface area (Å²) in [6.07, 6.45) is 2.83. The molecule has 0 saturated carbocycles. The van der Waals surface area contributed by atoms with E-state index >= 15 is 0 Å². The number of carbonyl (C=O) groups is 1. The highest BCUT2D eigenvalue weighted by molar-refractivity contribution is 7.93. The van der Waals surface area contributed by atoms with Crippen LogP contribution in [0.15, 0.2) is 95.9 Å². The quantitative estimate of drug-likeness (QED) is 0.540. The van der Waals surface area contributed by atoms with Gasteiger partial charge < -0.3 is 4.74 Å². The van der Waals surface area contributed by atoms with E-state index in [4.69, 9.17) is 4.74 Å². The smallest absolute Gasteiger partial charge is 0.271 e. The number of amides is 1. The Morgan fingerprint density at radius 2 is 1.48 bits per heavy atom. The van der Waals surface area contributed by atoms with E-state index in [1.165, 1.54) is 18.2 Å². The molecule has 0 unspecified atom stereocenters. The molecule has 0 spiro atoms. The second kappa shape index (κ2) is 9.21. The van der Waals surface area contributed by atoms with Gasteiger partial charge in [0.05, 0.1) is 17.2 Å². The van der Waals surface area contributed by atoms with E-state index in [0.717, 1.165) is 15.6 Å². The highest BCUT2D eigenvalue weighted by atomic mass is 32.2. The summed E-state index contributed by atoms with van der Waals surface area (Å²) in [6, 6.07) is 23.4. The molecule has 0 aliphatic carbocycles. The van der Waals surface area contributed by atoms with E-state index in [9.17, 15) is 13.2 Å². The van der Waals surface area contributed by atoms with Gasteiger partial charge in [0.15, 0.2) is 0 Å². The lowest BCUT2D eigenvalue weighted by Gasteiger charge is -2.21. The minimum Gasteiger partial charge on any atom is -0.494 e. The summed E-state index contributed by atoms with van der Waals surface area (Å²) >= 11 is 0. The summed E-state index contributed by atoms with van der Waals surface area (Å²) < 4.78 is 32.5. The Morgan fingerprint density at radius 1 is 0.897 bits per heavy atom. The lowest BCUT2D eigenvalue weighted by atomic mass is 10.2. The van der Waals surface area contributed by atoms with Crippen molar-refractivity contribution >= 4 is 27.7 Å². The van der Waals surface area contributed by atoms with Crippen LogP contribution in [0.1, 0.15) is 12.5 Å². The van der Waals surface area contributed by atoms with Crippen LogP contribution in [0.3, 0.4) is 0 Å². The van der Waals surface area contributed by atoms with Gasteiger partial charge in [-0.3, -0.25) is 4.79 Å². The van der Waals surface area contributed by atoms with Crippen molar-refractivity contribution in [2.24, 2.45) is 0 Å². The summed E-state index contributed by atoms with van der Waals surface area (Å²) in [5, 5.41) is 0. The normalized spacial score (nSPS) is 11.3. The number of nitrogens with zero attached hydrogens (tertiary/aromatic N) is 1. The molecule has 0 aromatic heterocycles. The first-order valence-electron chi connectivity index (χ1n) is 9.12. The van der Waals surface area contributed by atoms with Crippen molar-refractivity contribution in [2.45, 2.75) is 11.8 Å². The number of sulfonamides is 1. The highest BCUT2D eigenvalue weighted by Crippen LogP contribution is 2.24. The molecule has 3 aromatic carbocycles. The molecule has 0 radical (unpaired) electrons. The third-order valence-corrected chi connectivity index (χ3v) is 5.82. The van der Waals surface area contributed by atoms with Crippen molar-refractivity contribution in [3.8, 4) is 5.75 Å². The summed E-state index contributed by atoms with van der Waals surface area (Å²) in [5.74, 6) is 0.0717. The molecular weight excluding hydrogens is 386 g/mol. The molecular formula is C23H21NO4S. The van der Waals surface area contributed by atoms with Gasteiger partial charge >= 0.3 is 0 Å². The highest BCUT2D eigenvalue weighted by Gasteiger charge is 2.29. The lowest BCUT2D eigenvalue weighted by Crippen LogP contribution is -2.35. The SMILES string of the molecule is CCOc1ccc(/C=C/C(=O)N(c2ccccc2)S(=O)(=O)c2ccccc2)cc1. The summed E-state index contributed by atoms with van der Waals surface area (Å²) in [7, 11) is -4.06. The second-order valence-electron chi connectivity index (χ2n) is 6.09. The van der Waals surface area contributed by atoms with Crippen LogP contribution in [0, 0.1) is 0 Å². The fraction of sp³-hybridized carbons (Fsp3) is 0.0870. The molecule has 1 amide bonds. The van der Waals surface area contributed by atoms with Crippen molar-refractivity contribution in [2.75, 3.05) is 10.9 Å². The van der Waals surface area contributed by atoms with Crippen LogP contribution in [-0.2, 0) is 14.8 Å². The third kappa shape index (κ3) is 4.92. The van der Waals surface area contributed by atoms with E-state index in [2.05, 4.69) is 0 Å². The zero-order valence-electron chi connectivity index (χ0n) is 15.9. The molecule has 0 bridgehead atoms. The van der Waals surface area contributed by atoms with Crippen LogP contribution in [0.5, 0.6) is 5.75 Å². The third-order valence-electron chi connectivity index (χ3n) is 4.08. The van der Waals surface area contributed by atoms with Gasteiger partial charge in [-0.15, -0.1) is 0 Å². The van der Waals surface area contributed by atoms with Crippen LogP contribution in [0.4, 0.5) is 5.69 Å². The molecule has 148 valence electrons. The molecule has 0 N–H and O–H groups in total. The fourth-order valence-electron chi connectivity index (χ4n) is 2.72. The molecule has 0 fully saturated rings. The van der Waals surface area contributed by atoms with Crippen LogP contribution >= 0.6 is 0 Å².